The zero-order valence-corrected chi connectivity index (χ0v) is 26.6. The van der Waals surface area contributed by atoms with Gasteiger partial charge in [-0.05, 0) is 81.4 Å². The third-order valence-corrected chi connectivity index (χ3v) is 9.78. The monoisotopic (exact) mass is 627 g/mol. The van der Waals surface area contributed by atoms with Crippen LogP contribution in [0.4, 0.5) is 0 Å². The Kier molecular flexibility index (Phi) is 6.28. The van der Waals surface area contributed by atoms with Gasteiger partial charge in [0.2, 0.25) is 0 Å². The minimum absolute atomic E-state index is 0.624. The third kappa shape index (κ3) is 4.56. The smallest absolute Gasteiger partial charge is 0.164 e. The topological polar surface area (TPSA) is 51.8 Å². The zero-order chi connectivity index (χ0) is 32.3. The molecule has 0 unspecified atom stereocenters. The number of fused-ring (bicyclic) bond motifs is 7. The number of benzene rings is 7. The summed E-state index contributed by atoms with van der Waals surface area (Å²) in [5.41, 5.74) is 9.25. The highest BCUT2D eigenvalue weighted by Crippen LogP contribution is 2.43. The summed E-state index contributed by atoms with van der Waals surface area (Å²) in [6.07, 6.45) is 6.45. The van der Waals surface area contributed by atoms with Gasteiger partial charge in [0.15, 0.2) is 17.5 Å². The van der Waals surface area contributed by atoms with Crippen LogP contribution in [0.1, 0.15) is 17.5 Å². The van der Waals surface area contributed by atoms with Gasteiger partial charge in [0, 0.05) is 33.0 Å². The third-order valence-electron chi connectivity index (χ3n) is 9.78. The molecule has 10 rings (SSSR count). The minimum Gasteiger partial charge on any atom is -0.455 e. The quantitative estimate of drug-likeness (QED) is 0.195. The first-order valence-electron chi connectivity index (χ1n) is 16.8. The molecule has 1 aliphatic carbocycles. The molecular formula is C45H29N3O. The minimum atomic E-state index is 0.624. The van der Waals surface area contributed by atoms with E-state index in [1.807, 2.05) is 30.3 Å². The largest absolute Gasteiger partial charge is 0.455 e. The Bertz CT molecular complexity index is 2780. The molecule has 9 aromatic rings. The molecule has 0 amide bonds. The molecule has 7 aromatic carbocycles. The molecule has 0 fully saturated rings. The molecule has 0 saturated heterocycles. The van der Waals surface area contributed by atoms with Crippen molar-refractivity contribution in [2.24, 2.45) is 0 Å². The average molecular weight is 628 g/mol. The van der Waals surface area contributed by atoms with Gasteiger partial charge in [-0.15, -0.1) is 0 Å². The molecule has 0 atom stereocenters. The predicted octanol–water partition coefficient (Wildman–Crippen LogP) is 11.7. The molecule has 49 heavy (non-hydrogen) atoms. The Balaban J connectivity index is 1.25. The van der Waals surface area contributed by atoms with Crippen LogP contribution in [0.15, 0.2) is 150 Å². The van der Waals surface area contributed by atoms with Crippen molar-refractivity contribution in [3.8, 4) is 45.3 Å². The van der Waals surface area contributed by atoms with Crippen molar-refractivity contribution in [3.63, 3.8) is 0 Å². The van der Waals surface area contributed by atoms with Gasteiger partial charge in [-0.1, -0.05) is 121 Å². The molecule has 0 saturated carbocycles. The standard InChI is InChI=1S/C45H29N3O/c1-2-13-29(14-3-1)43-46-44(48-45(47-43)39-27-31-16-6-7-17-33(31)35-18-8-9-19-36(35)39)38-25-24-34(32-23-22-28-12-4-5-15-30(28)26-32)42-41(38)37-20-10-11-21-40(37)49-42/h1-8,10-18,20-27H,9,19H2. The van der Waals surface area contributed by atoms with E-state index in [0.29, 0.717) is 17.5 Å². The highest BCUT2D eigenvalue weighted by atomic mass is 16.3. The molecule has 1 aliphatic rings. The van der Waals surface area contributed by atoms with Crippen LogP contribution in [0.3, 0.4) is 0 Å². The molecule has 4 heteroatoms. The second-order valence-corrected chi connectivity index (χ2v) is 12.7. The van der Waals surface area contributed by atoms with E-state index in [2.05, 4.69) is 121 Å². The number of furan rings is 1. The second kappa shape index (κ2) is 11.1. The molecule has 0 bridgehead atoms. The van der Waals surface area contributed by atoms with E-state index in [1.165, 1.54) is 32.7 Å². The summed E-state index contributed by atoms with van der Waals surface area (Å²) in [6, 6.07) is 48.6. The maximum Gasteiger partial charge on any atom is 0.164 e. The first kappa shape index (κ1) is 27.7. The number of hydrogen-bond donors (Lipinski definition) is 0. The summed E-state index contributed by atoms with van der Waals surface area (Å²) in [5.74, 6) is 1.95. The lowest BCUT2D eigenvalue weighted by Gasteiger charge is -2.19. The Morgan fingerprint density at radius 2 is 1.18 bits per heavy atom. The SMILES string of the molecule is C1=Cc2c(c(-c3nc(-c4ccccc4)nc(-c4ccc(-c5ccc6ccccc6c5)c5oc6ccccc6c45)n3)cc3ccccc23)CC1. The van der Waals surface area contributed by atoms with E-state index < -0.39 is 0 Å². The molecule has 0 radical (unpaired) electrons. The van der Waals surface area contributed by atoms with Crippen molar-refractivity contribution < 1.29 is 4.42 Å². The first-order valence-corrected chi connectivity index (χ1v) is 16.8. The van der Waals surface area contributed by atoms with Crippen LogP contribution in [0.2, 0.25) is 0 Å². The van der Waals surface area contributed by atoms with E-state index in [-0.39, 0.29) is 0 Å². The van der Waals surface area contributed by atoms with Crippen LogP contribution in [0.25, 0.3) is 94.8 Å². The summed E-state index contributed by atoms with van der Waals surface area (Å²) in [5, 5.41) is 6.87. The van der Waals surface area contributed by atoms with Crippen LogP contribution in [-0.4, -0.2) is 15.0 Å². The van der Waals surface area contributed by atoms with Crippen LogP contribution in [0.5, 0.6) is 0 Å². The van der Waals surface area contributed by atoms with Crippen molar-refractivity contribution in [3.05, 3.63) is 157 Å². The fourth-order valence-corrected chi connectivity index (χ4v) is 7.44. The van der Waals surface area contributed by atoms with Crippen molar-refractivity contribution >= 4 is 49.6 Å². The Morgan fingerprint density at radius 1 is 0.490 bits per heavy atom. The number of hydrogen-bond acceptors (Lipinski definition) is 4. The number of para-hydroxylation sites is 1. The van der Waals surface area contributed by atoms with Crippen molar-refractivity contribution in [2.75, 3.05) is 0 Å². The van der Waals surface area contributed by atoms with E-state index in [4.69, 9.17) is 19.4 Å². The molecule has 0 N–H and O–H groups in total. The van der Waals surface area contributed by atoms with Gasteiger partial charge < -0.3 is 4.42 Å². The van der Waals surface area contributed by atoms with Crippen molar-refractivity contribution in [2.45, 2.75) is 12.8 Å². The van der Waals surface area contributed by atoms with Gasteiger partial charge in [-0.3, -0.25) is 0 Å². The first-order chi connectivity index (χ1) is 24.3. The van der Waals surface area contributed by atoms with Gasteiger partial charge in [-0.25, -0.2) is 15.0 Å². The molecule has 2 heterocycles. The zero-order valence-electron chi connectivity index (χ0n) is 26.6. The van der Waals surface area contributed by atoms with E-state index in [9.17, 15) is 0 Å². The summed E-state index contributed by atoms with van der Waals surface area (Å²) >= 11 is 0. The summed E-state index contributed by atoms with van der Waals surface area (Å²) in [6.45, 7) is 0. The maximum atomic E-state index is 6.69. The van der Waals surface area contributed by atoms with Crippen LogP contribution < -0.4 is 0 Å². The second-order valence-electron chi connectivity index (χ2n) is 12.7. The predicted molar refractivity (Wildman–Crippen MR) is 201 cm³/mol. The van der Waals surface area contributed by atoms with Gasteiger partial charge >= 0.3 is 0 Å². The fourth-order valence-electron chi connectivity index (χ4n) is 7.44. The number of nitrogens with zero attached hydrogens (tertiary/aromatic N) is 3. The van der Waals surface area contributed by atoms with Crippen molar-refractivity contribution in [1.82, 2.24) is 15.0 Å². The summed E-state index contributed by atoms with van der Waals surface area (Å²) in [7, 11) is 0. The molecule has 0 spiro atoms. The lowest BCUT2D eigenvalue weighted by Crippen LogP contribution is -2.05. The van der Waals surface area contributed by atoms with Crippen LogP contribution in [-0.2, 0) is 6.42 Å². The molecular weight excluding hydrogens is 599 g/mol. The van der Waals surface area contributed by atoms with E-state index >= 15 is 0 Å². The Labute approximate surface area is 283 Å². The van der Waals surface area contributed by atoms with Crippen LogP contribution >= 0.6 is 0 Å². The molecule has 4 nitrogen and oxygen atoms in total. The highest BCUT2D eigenvalue weighted by Gasteiger charge is 2.23. The van der Waals surface area contributed by atoms with E-state index in [1.54, 1.807) is 0 Å². The summed E-state index contributed by atoms with van der Waals surface area (Å²) < 4.78 is 6.69. The number of allylic oxidation sites excluding steroid dienone is 1. The van der Waals surface area contributed by atoms with Crippen LogP contribution in [0, 0.1) is 0 Å². The van der Waals surface area contributed by atoms with Gasteiger partial charge in [0.25, 0.3) is 0 Å². The lowest BCUT2D eigenvalue weighted by molar-refractivity contribution is 0.670. The fraction of sp³-hybridized carbons (Fsp3) is 0.0444. The number of aromatic nitrogens is 3. The number of rotatable bonds is 4. The highest BCUT2D eigenvalue weighted by molar-refractivity contribution is 6.16. The van der Waals surface area contributed by atoms with Gasteiger partial charge in [0.05, 0.1) is 0 Å². The average Bonchev–Trinajstić information content (AvgIpc) is 3.57. The lowest BCUT2D eigenvalue weighted by atomic mass is 9.88. The molecule has 0 aliphatic heterocycles. The normalized spacial score (nSPS) is 12.7. The summed E-state index contributed by atoms with van der Waals surface area (Å²) in [4.78, 5) is 15.7. The molecule has 2 aromatic heterocycles. The van der Waals surface area contributed by atoms with Gasteiger partial charge in [0.1, 0.15) is 11.2 Å². The van der Waals surface area contributed by atoms with Gasteiger partial charge in [-0.2, -0.15) is 0 Å². The Morgan fingerprint density at radius 3 is 2.06 bits per heavy atom. The van der Waals surface area contributed by atoms with Crippen molar-refractivity contribution in [1.29, 1.82) is 0 Å². The maximum absolute atomic E-state index is 6.69. The van der Waals surface area contributed by atoms with E-state index in [0.717, 1.165) is 62.6 Å². The Hall–Kier alpha value is -6.39. The molecule has 230 valence electrons.